The molecule has 0 unspecified atom stereocenters. The van der Waals surface area contributed by atoms with Gasteiger partial charge in [0.05, 0.1) is 10.3 Å². The molecule has 5 heteroatoms. The topological polar surface area (TPSA) is 68.1 Å². The first-order chi connectivity index (χ1) is 9.75. The smallest absolute Gasteiger partial charge is 0.278 e. The fourth-order valence-corrected chi connectivity index (χ4v) is 2.68. The van der Waals surface area contributed by atoms with Crippen LogP contribution in [0.4, 0.5) is 11.4 Å². The molecule has 1 aromatic carbocycles. The highest BCUT2D eigenvalue weighted by Gasteiger charge is 2.17. The van der Waals surface area contributed by atoms with Gasteiger partial charge < -0.3 is 5.32 Å². The number of aromatic nitrogens is 1. The van der Waals surface area contributed by atoms with Crippen molar-refractivity contribution in [2.24, 2.45) is 5.92 Å². The van der Waals surface area contributed by atoms with Crippen molar-refractivity contribution >= 4 is 22.1 Å². The second-order valence-corrected chi connectivity index (χ2v) is 5.32. The maximum Gasteiger partial charge on any atom is 0.278 e. The Labute approximate surface area is 117 Å². The molecule has 0 aliphatic heterocycles. The number of nitrogens with zero attached hydrogens (tertiary/aromatic N) is 2. The van der Waals surface area contributed by atoms with Crippen LogP contribution in [0.3, 0.4) is 0 Å². The van der Waals surface area contributed by atoms with Gasteiger partial charge in [0, 0.05) is 36.1 Å². The largest absolute Gasteiger partial charge is 0.385 e. The van der Waals surface area contributed by atoms with Crippen molar-refractivity contribution in [1.29, 1.82) is 0 Å². The molecule has 1 fully saturated rings. The second-order valence-electron chi connectivity index (χ2n) is 5.32. The molecule has 0 bridgehead atoms. The van der Waals surface area contributed by atoms with Crippen LogP contribution >= 0.6 is 0 Å². The zero-order valence-electron chi connectivity index (χ0n) is 11.2. The van der Waals surface area contributed by atoms with Gasteiger partial charge in [-0.25, -0.2) is 0 Å². The summed E-state index contributed by atoms with van der Waals surface area (Å²) in [5.41, 5.74) is 1.06. The number of fused-ring (bicyclic) bond motifs is 1. The van der Waals surface area contributed by atoms with Gasteiger partial charge in [0.15, 0.2) is 0 Å². The van der Waals surface area contributed by atoms with E-state index >= 15 is 0 Å². The summed E-state index contributed by atoms with van der Waals surface area (Å²) >= 11 is 0. The maximum absolute atomic E-state index is 11.0. The fourth-order valence-electron chi connectivity index (χ4n) is 2.68. The lowest BCUT2D eigenvalue weighted by Gasteiger charge is -2.25. The minimum atomic E-state index is -0.359. The molecule has 2 aromatic rings. The quantitative estimate of drug-likeness (QED) is 0.664. The highest BCUT2D eigenvalue weighted by atomic mass is 16.6. The van der Waals surface area contributed by atoms with E-state index in [1.807, 2.05) is 6.07 Å². The first-order valence-corrected chi connectivity index (χ1v) is 7.00. The van der Waals surface area contributed by atoms with Crippen LogP contribution in [-0.4, -0.2) is 16.5 Å². The summed E-state index contributed by atoms with van der Waals surface area (Å²) in [6, 6.07) is 5.17. The Morgan fingerprint density at radius 3 is 2.85 bits per heavy atom. The summed E-state index contributed by atoms with van der Waals surface area (Å²) in [4.78, 5) is 14.7. The third kappa shape index (κ3) is 2.43. The van der Waals surface area contributed by atoms with Crippen molar-refractivity contribution in [3.63, 3.8) is 0 Å². The zero-order valence-corrected chi connectivity index (χ0v) is 11.2. The molecule has 0 saturated heterocycles. The van der Waals surface area contributed by atoms with E-state index in [0.717, 1.165) is 23.5 Å². The van der Waals surface area contributed by atoms with Crippen LogP contribution in [0.1, 0.15) is 25.7 Å². The molecule has 0 atom stereocenters. The zero-order chi connectivity index (χ0) is 13.9. The van der Waals surface area contributed by atoms with Crippen LogP contribution in [0.5, 0.6) is 0 Å². The van der Waals surface area contributed by atoms with Gasteiger partial charge in [0.25, 0.3) is 5.69 Å². The minimum Gasteiger partial charge on any atom is -0.385 e. The number of pyridine rings is 1. The van der Waals surface area contributed by atoms with Crippen LogP contribution in [0.25, 0.3) is 10.8 Å². The van der Waals surface area contributed by atoms with Crippen LogP contribution < -0.4 is 5.32 Å². The van der Waals surface area contributed by atoms with E-state index in [2.05, 4.69) is 10.3 Å². The Morgan fingerprint density at radius 1 is 1.30 bits per heavy atom. The first kappa shape index (κ1) is 12.8. The van der Waals surface area contributed by atoms with E-state index < -0.39 is 0 Å². The van der Waals surface area contributed by atoms with E-state index in [0.29, 0.717) is 5.39 Å². The molecule has 3 rings (SSSR count). The van der Waals surface area contributed by atoms with E-state index in [4.69, 9.17) is 0 Å². The number of rotatable bonds is 5. The molecular weight excluding hydrogens is 254 g/mol. The third-order valence-corrected chi connectivity index (χ3v) is 4.08. The van der Waals surface area contributed by atoms with Gasteiger partial charge >= 0.3 is 0 Å². The Kier molecular flexibility index (Phi) is 3.50. The number of non-ortho nitro benzene ring substituents is 1. The van der Waals surface area contributed by atoms with Gasteiger partial charge in [0.1, 0.15) is 0 Å². The predicted molar refractivity (Wildman–Crippen MR) is 78.8 cm³/mol. The van der Waals surface area contributed by atoms with Crippen molar-refractivity contribution in [2.75, 3.05) is 11.9 Å². The number of nitro groups is 1. The Hall–Kier alpha value is -2.17. The van der Waals surface area contributed by atoms with Crippen LogP contribution in [-0.2, 0) is 0 Å². The number of nitrogens with one attached hydrogen (secondary N) is 1. The van der Waals surface area contributed by atoms with E-state index in [-0.39, 0.29) is 10.6 Å². The molecule has 1 heterocycles. The molecule has 1 aliphatic carbocycles. The van der Waals surface area contributed by atoms with Crippen molar-refractivity contribution in [1.82, 2.24) is 4.98 Å². The summed E-state index contributed by atoms with van der Waals surface area (Å²) in [5.74, 6) is 0.855. The predicted octanol–water partition coefficient (Wildman–Crippen LogP) is 3.75. The average Bonchev–Trinajstić information content (AvgIpc) is 2.41. The normalized spacial score (nSPS) is 15.0. The fraction of sp³-hybridized carbons (Fsp3) is 0.400. The molecule has 1 aromatic heterocycles. The lowest BCUT2D eigenvalue weighted by Crippen LogP contribution is -2.15. The van der Waals surface area contributed by atoms with Gasteiger partial charge in [0.2, 0.25) is 0 Å². The number of hydrogen-bond donors (Lipinski definition) is 1. The highest BCUT2D eigenvalue weighted by Crippen LogP contribution is 2.32. The number of anilines is 1. The molecule has 1 N–H and O–H groups in total. The highest BCUT2D eigenvalue weighted by molar-refractivity contribution is 5.99. The lowest BCUT2D eigenvalue weighted by atomic mass is 9.83. The summed E-state index contributed by atoms with van der Waals surface area (Å²) in [7, 11) is 0. The Morgan fingerprint density at radius 2 is 2.15 bits per heavy atom. The molecule has 0 amide bonds. The number of benzene rings is 1. The maximum atomic E-state index is 11.0. The van der Waals surface area contributed by atoms with Gasteiger partial charge in [-0.15, -0.1) is 0 Å². The summed E-state index contributed by atoms with van der Waals surface area (Å²) < 4.78 is 0. The molecule has 0 radical (unpaired) electrons. The molecule has 1 saturated carbocycles. The lowest BCUT2D eigenvalue weighted by molar-refractivity contribution is -0.383. The number of nitro benzene ring substituents is 1. The van der Waals surface area contributed by atoms with Gasteiger partial charge in [-0.05, 0) is 24.5 Å². The summed E-state index contributed by atoms with van der Waals surface area (Å²) in [6.07, 6.45) is 8.44. The molecule has 20 heavy (non-hydrogen) atoms. The molecule has 5 nitrogen and oxygen atoms in total. The second kappa shape index (κ2) is 5.45. The van der Waals surface area contributed by atoms with Crippen LogP contribution in [0.15, 0.2) is 30.6 Å². The van der Waals surface area contributed by atoms with Crippen molar-refractivity contribution in [2.45, 2.75) is 25.7 Å². The van der Waals surface area contributed by atoms with E-state index in [1.54, 1.807) is 24.5 Å². The molecule has 0 spiro atoms. The monoisotopic (exact) mass is 271 g/mol. The molecule has 104 valence electrons. The summed E-state index contributed by atoms with van der Waals surface area (Å²) in [6.45, 7) is 0.917. The van der Waals surface area contributed by atoms with Gasteiger partial charge in [-0.1, -0.05) is 19.3 Å². The van der Waals surface area contributed by atoms with Gasteiger partial charge in [-0.2, -0.15) is 0 Å². The van der Waals surface area contributed by atoms with E-state index in [9.17, 15) is 10.1 Å². The van der Waals surface area contributed by atoms with Crippen molar-refractivity contribution in [3.05, 3.63) is 40.7 Å². The first-order valence-electron chi connectivity index (χ1n) is 7.00. The third-order valence-electron chi connectivity index (χ3n) is 4.08. The standard InChI is InChI=1S/C15H17N3O2/c19-18(20)15-5-4-14(12-7-8-16-10-13(12)15)17-9-6-11-2-1-3-11/h4-5,7-8,10-11,17H,1-3,6,9H2. The Bertz CT molecular complexity index is 638. The molecule has 1 aliphatic rings. The van der Waals surface area contributed by atoms with E-state index in [1.165, 1.54) is 25.7 Å². The average molecular weight is 271 g/mol. The van der Waals surface area contributed by atoms with Gasteiger partial charge in [-0.3, -0.25) is 15.1 Å². The summed E-state index contributed by atoms with van der Waals surface area (Å²) in [5, 5.41) is 15.9. The van der Waals surface area contributed by atoms with Crippen molar-refractivity contribution < 1.29 is 4.92 Å². The minimum absolute atomic E-state index is 0.109. The molecular formula is C15H17N3O2. The Balaban J connectivity index is 1.83. The van der Waals surface area contributed by atoms with Crippen LogP contribution in [0.2, 0.25) is 0 Å². The van der Waals surface area contributed by atoms with Crippen LogP contribution in [0, 0.1) is 16.0 Å². The SMILES string of the molecule is O=[N+]([O-])c1ccc(NCCC2CCC2)c2ccncc12. The number of hydrogen-bond acceptors (Lipinski definition) is 4. The van der Waals surface area contributed by atoms with Crippen molar-refractivity contribution in [3.8, 4) is 0 Å².